The normalized spacial score (nSPS) is 19.6. The molecule has 0 saturated carbocycles. The zero-order valence-corrected chi connectivity index (χ0v) is 30.3. The summed E-state index contributed by atoms with van der Waals surface area (Å²) < 4.78 is 11.7. The van der Waals surface area contributed by atoms with Crippen LogP contribution in [0.15, 0.2) is 119 Å². The zero-order chi connectivity index (χ0) is 34.9. The van der Waals surface area contributed by atoms with Crippen molar-refractivity contribution in [2.75, 3.05) is 25.1 Å². The molecule has 256 valence electrons. The van der Waals surface area contributed by atoms with E-state index in [-0.39, 0.29) is 24.3 Å². The number of amides is 1. The second-order valence-corrected chi connectivity index (χ2v) is 14.8. The first-order chi connectivity index (χ1) is 24.9. The minimum Gasteiger partial charge on any atom is -0.493 e. The molecule has 1 N–H and O–H groups in total. The molecular formula is C42H35Cl2N3O3S. The van der Waals surface area contributed by atoms with Crippen molar-refractivity contribution < 1.29 is 14.3 Å². The first-order valence-electron chi connectivity index (χ1n) is 17.0. The number of methoxy groups -OCH3 is 1. The van der Waals surface area contributed by atoms with Crippen LogP contribution in [0.1, 0.15) is 58.1 Å². The van der Waals surface area contributed by atoms with Crippen molar-refractivity contribution in [2.45, 2.75) is 31.3 Å². The van der Waals surface area contributed by atoms with Crippen molar-refractivity contribution in [2.24, 2.45) is 4.99 Å². The van der Waals surface area contributed by atoms with E-state index in [1.807, 2.05) is 30.3 Å². The van der Waals surface area contributed by atoms with Gasteiger partial charge in [0.1, 0.15) is 6.61 Å². The van der Waals surface area contributed by atoms with Gasteiger partial charge >= 0.3 is 0 Å². The molecule has 1 saturated heterocycles. The summed E-state index contributed by atoms with van der Waals surface area (Å²) in [5.41, 5.74) is 9.07. The third-order valence-electron chi connectivity index (χ3n) is 9.77. The molecule has 0 aliphatic carbocycles. The van der Waals surface area contributed by atoms with Crippen LogP contribution in [-0.4, -0.2) is 31.3 Å². The van der Waals surface area contributed by atoms with Crippen LogP contribution in [-0.2, 0) is 11.4 Å². The molecule has 3 heterocycles. The number of nitrogens with one attached hydrogen (secondary N) is 1. The average Bonchev–Trinajstić information content (AvgIpc) is 3.49. The number of ether oxygens (including phenoxy) is 2. The lowest BCUT2D eigenvalue weighted by Crippen LogP contribution is -2.37. The van der Waals surface area contributed by atoms with E-state index in [1.165, 1.54) is 39.7 Å². The molecule has 0 unspecified atom stereocenters. The standard InChI is InChI=1S/C42H35Cl2N3O3S/c1-49-38-20-26(12-15-37(38)50-25-29-13-14-30(43)22-36(29)44)21-39-41(48)46-42(51-39)45-31-23-34-32(27-8-4-2-5-9-27)16-18-47-19-17-33(35(24-31)40(34)47)28-10-6-3-7-11-28/h2-15,20-24,32-33H,16-19,25H2,1H3,(H,45,46,48)/b39-21-/t32-,33+. The number of hydrogen-bond acceptors (Lipinski definition) is 6. The molecule has 5 aromatic rings. The van der Waals surface area contributed by atoms with E-state index in [0.717, 1.165) is 42.7 Å². The van der Waals surface area contributed by atoms with Crippen LogP contribution in [0.4, 0.5) is 11.4 Å². The van der Waals surface area contributed by atoms with Gasteiger partial charge in [-0.05, 0) is 94.9 Å². The number of hydrogen-bond donors (Lipinski definition) is 1. The van der Waals surface area contributed by atoms with Crippen LogP contribution in [0, 0.1) is 0 Å². The molecule has 5 aromatic carbocycles. The van der Waals surface area contributed by atoms with Crippen molar-refractivity contribution in [3.05, 3.63) is 158 Å². The Balaban J connectivity index is 1.09. The molecule has 2 atom stereocenters. The molecule has 0 spiro atoms. The highest BCUT2D eigenvalue weighted by molar-refractivity contribution is 8.18. The van der Waals surface area contributed by atoms with Crippen molar-refractivity contribution in [3.63, 3.8) is 0 Å². The van der Waals surface area contributed by atoms with Gasteiger partial charge in [-0.2, -0.15) is 0 Å². The first kappa shape index (κ1) is 33.5. The number of aliphatic imine (C=N–C) groups is 1. The first-order valence-corrected chi connectivity index (χ1v) is 18.6. The lowest BCUT2D eigenvalue weighted by atomic mass is 9.76. The molecule has 0 radical (unpaired) electrons. The van der Waals surface area contributed by atoms with Gasteiger partial charge in [-0.25, -0.2) is 4.99 Å². The highest BCUT2D eigenvalue weighted by Crippen LogP contribution is 2.50. The number of halogens is 2. The molecule has 1 amide bonds. The zero-order valence-electron chi connectivity index (χ0n) is 27.9. The number of thioether (sulfide) groups is 1. The maximum absolute atomic E-state index is 13.2. The number of amidine groups is 1. The largest absolute Gasteiger partial charge is 0.493 e. The SMILES string of the molecule is COc1cc(/C=C2\SC(=Nc3cc4c5c(c3)[C@H](c3ccccc3)CCN5CC[C@@H]4c3ccccc3)NC2=O)ccc1OCc1ccc(Cl)cc1Cl. The van der Waals surface area contributed by atoms with E-state index in [2.05, 4.69) is 83.0 Å². The Morgan fingerprint density at radius 3 is 2.14 bits per heavy atom. The van der Waals surface area contributed by atoms with Crippen LogP contribution < -0.4 is 19.7 Å². The lowest BCUT2D eigenvalue weighted by molar-refractivity contribution is -0.115. The van der Waals surface area contributed by atoms with E-state index < -0.39 is 0 Å². The molecule has 1 fully saturated rings. The molecule has 51 heavy (non-hydrogen) atoms. The molecule has 3 aliphatic rings. The fourth-order valence-corrected chi connectivity index (χ4v) is 8.65. The number of carbonyl (C=O) groups is 1. The number of nitrogens with zero attached hydrogens (tertiary/aromatic N) is 2. The fourth-order valence-electron chi connectivity index (χ4n) is 7.34. The lowest BCUT2D eigenvalue weighted by Gasteiger charge is -2.43. The third-order valence-corrected chi connectivity index (χ3v) is 11.3. The Morgan fingerprint density at radius 2 is 1.51 bits per heavy atom. The Bertz CT molecular complexity index is 2100. The van der Waals surface area contributed by atoms with Gasteiger partial charge in [-0.1, -0.05) is 96.0 Å². The van der Waals surface area contributed by atoms with Crippen molar-refractivity contribution in [1.82, 2.24) is 5.32 Å². The minimum atomic E-state index is -0.190. The Hall–Kier alpha value is -4.69. The smallest absolute Gasteiger partial charge is 0.264 e. The summed E-state index contributed by atoms with van der Waals surface area (Å²) in [6.45, 7) is 2.32. The van der Waals surface area contributed by atoms with Gasteiger partial charge in [0.15, 0.2) is 16.7 Å². The van der Waals surface area contributed by atoms with Gasteiger partial charge in [0.25, 0.3) is 5.91 Å². The highest BCUT2D eigenvalue weighted by atomic mass is 35.5. The molecular weight excluding hydrogens is 697 g/mol. The van der Waals surface area contributed by atoms with Gasteiger partial charge in [0.05, 0.1) is 17.7 Å². The van der Waals surface area contributed by atoms with Gasteiger partial charge in [0.2, 0.25) is 0 Å². The summed E-state index contributed by atoms with van der Waals surface area (Å²) in [5, 5.41) is 4.66. The maximum atomic E-state index is 13.2. The van der Waals surface area contributed by atoms with E-state index in [9.17, 15) is 4.79 Å². The molecule has 3 aliphatic heterocycles. The Morgan fingerprint density at radius 1 is 0.843 bits per heavy atom. The average molecular weight is 733 g/mol. The van der Waals surface area contributed by atoms with Crippen LogP contribution in [0.3, 0.4) is 0 Å². The van der Waals surface area contributed by atoms with Crippen LogP contribution in [0.5, 0.6) is 11.5 Å². The molecule has 6 nitrogen and oxygen atoms in total. The van der Waals surface area contributed by atoms with Crippen molar-refractivity contribution in [3.8, 4) is 11.5 Å². The quantitative estimate of drug-likeness (QED) is 0.161. The van der Waals surface area contributed by atoms with Gasteiger partial charge in [-0.15, -0.1) is 0 Å². The van der Waals surface area contributed by atoms with Crippen molar-refractivity contribution >= 4 is 63.5 Å². The number of rotatable bonds is 8. The summed E-state index contributed by atoms with van der Waals surface area (Å²) in [4.78, 5) is 21.4. The Labute approximate surface area is 312 Å². The third kappa shape index (κ3) is 6.98. The summed E-state index contributed by atoms with van der Waals surface area (Å²) in [6.07, 6.45) is 3.94. The summed E-state index contributed by atoms with van der Waals surface area (Å²) in [5.74, 6) is 1.47. The topological polar surface area (TPSA) is 63.2 Å². The second kappa shape index (κ2) is 14.5. The number of benzene rings is 5. The fraction of sp³-hybridized carbons (Fsp3) is 0.190. The predicted octanol–water partition coefficient (Wildman–Crippen LogP) is 10.4. The minimum absolute atomic E-state index is 0.190. The molecule has 0 aromatic heterocycles. The maximum Gasteiger partial charge on any atom is 0.264 e. The van der Waals surface area contributed by atoms with E-state index in [0.29, 0.717) is 31.6 Å². The Kier molecular flexibility index (Phi) is 9.52. The summed E-state index contributed by atoms with van der Waals surface area (Å²) in [7, 11) is 1.59. The monoisotopic (exact) mass is 731 g/mol. The van der Waals surface area contributed by atoms with Crippen LogP contribution in [0.2, 0.25) is 10.0 Å². The van der Waals surface area contributed by atoms with E-state index >= 15 is 0 Å². The summed E-state index contributed by atoms with van der Waals surface area (Å²) >= 11 is 13.7. The van der Waals surface area contributed by atoms with E-state index in [4.69, 9.17) is 37.7 Å². The van der Waals surface area contributed by atoms with Crippen LogP contribution >= 0.6 is 35.0 Å². The van der Waals surface area contributed by atoms with Gasteiger partial charge in [-0.3, -0.25) is 4.79 Å². The number of anilines is 1. The summed E-state index contributed by atoms with van der Waals surface area (Å²) in [6, 6.07) is 36.9. The van der Waals surface area contributed by atoms with Gasteiger partial charge < -0.3 is 19.7 Å². The molecule has 9 heteroatoms. The van der Waals surface area contributed by atoms with Crippen LogP contribution in [0.25, 0.3) is 6.08 Å². The molecule has 0 bridgehead atoms. The molecule has 8 rings (SSSR count). The van der Waals surface area contributed by atoms with E-state index in [1.54, 1.807) is 19.2 Å². The van der Waals surface area contributed by atoms with Crippen molar-refractivity contribution in [1.29, 1.82) is 0 Å². The van der Waals surface area contributed by atoms with Gasteiger partial charge in [0, 0.05) is 46.2 Å². The number of carbonyl (C=O) groups excluding carboxylic acids is 1. The second-order valence-electron chi connectivity index (χ2n) is 12.9. The highest BCUT2D eigenvalue weighted by Gasteiger charge is 2.35. The predicted molar refractivity (Wildman–Crippen MR) is 209 cm³/mol.